The highest BCUT2D eigenvalue weighted by Gasteiger charge is 2.05. The van der Waals surface area contributed by atoms with Crippen LogP contribution in [0.3, 0.4) is 0 Å². The van der Waals surface area contributed by atoms with Crippen LogP contribution in [0.5, 0.6) is 0 Å². The van der Waals surface area contributed by atoms with Gasteiger partial charge in [0.05, 0.1) is 0 Å². The van der Waals surface area contributed by atoms with Crippen LogP contribution in [-0.4, -0.2) is 18.7 Å². The van der Waals surface area contributed by atoms with E-state index in [-0.39, 0.29) is 5.92 Å². The molecule has 0 aromatic heterocycles. The molecular weight excluding hydrogens is 226 g/mol. The third kappa shape index (κ3) is 20.5. The molecule has 0 aliphatic carbocycles. The fraction of sp³-hybridized carbons (Fsp3) is 0.867. The first-order chi connectivity index (χ1) is 8.41. The Balaban J connectivity index is 0. The largest absolute Gasteiger partial charge is 0.359 e. The van der Waals surface area contributed by atoms with Gasteiger partial charge >= 0.3 is 0 Å². The van der Waals surface area contributed by atoms with Crippen molar-refractivity contribution in [2.24, 2.45) is 11.8 Å². The molecule has 0 spiro atoms. The second-order valence-electron chi connectivity index (χ2n) is 5.59. The monoisotopic (exact) mass is 257 g/mol. The minimum Gasteiger partial charge on any atom is -0.359 e. The Morgan fingerprint density at radius 1 is 1.00 bits per heavy atom. The first-order valence-electron chi connectivity index (χ1n) is 7.11. The van der Waals surface area contributed by atoms with Gasteiger partial charge in [-0.15, -0.1) is 0 Å². The molecule has 0 radical (unpaired) electrons. The van der Waals surface area contributed by atoms with Crippen LogP contribution in [0.25, 0.3) is 0 Å². The average molecular weight is 257 g/mol. The van der Waals surface area contributed by atoms with Crippen LogP contribution >= 0.6 is 0 Å². The number of unbranched alkanes of at least 4 members (excludes halogenated alkanes) is 3. The van der Waals surface area contributed by atoms with Gasteiger partial charge < -0.3 is 5.32 Å². The molecule has 3 heteroatoms. The van der Waals surface area contributed by atoms with Gasteiger partial charge in [-0.2, -0.15) is 0 Å². The van der Waals surface area contributed by atoms with Crippen LogP contribution in [0.2, 0.25) is 0 Å². The van der Waals surface area contributed by atoms with Crippen molar-refractivity contribution in [3.63, 3.8) is 0 Å². The molecule has 3 nitrogen and oxygen atoms in total. The third-order valence-corrected chi connectivity index (χ3v) is 2.22. The Kier molecular flexibility index (Phi) is 15.4. The zero-order valence-electron chi connectivity index (χ0n) is 12.8. The lowest BCUT2D eigenvalue weighted by atomic mass is 10.0. The zero-order chi connectivity index (χ0) is 14.4. The molecular formula is C15H31NO2. The van der Waals surface area contributed by atoms with E-state index in [2.05, 4.69) is 26.1 Å². The van der Waals surface area contributed by atoms with E-state index in [1.165, 1.54) is 0 Å². The maximum Gasteiger partial charge on any atom is 0.207 e. The summed E-state index contributed by atoms with van der Waals surface area (Å²) in [6.45, 7) is 11.1. The van der Waals surface area contributed by atoms with Gasteiger partial charge in [-0.1, -0.05) is 47.5 Å². The minimum atomic E-state index is 0.173. The maximum absolute atomic E-state index is 11.2. The van der Waals surface area contributed by atoms with Crippen molar-refractivity contribution in [2.75, 3.05) is 6.54 Å². The van der Waals surface area contributed by atoms with Gasteiger partial charge in [0, 0.05) is 18.9 Å². The van der Waals surface area contributed by atoms with Crippen molar-refractivity contribution in [1.82, 2.24) is 5.32 Å². The Morgan fingerprint density at radius 2 is 1.50 bits per heavy atom. The Hall–Kier alpha value is -0.860. The molecule has 0 unspecified atom stereocenters. The summed E-state index contributed by atoms with van der Waals surface area (Å²) >= 11 is 0. The van der Waals surface area contributed by atoms with Crippen molar-refractivity contribution >= 4 is 12.2 Å². The molecule has 0 aromatic rings. The molecule has 0 saturated carbocycles. The number of nitrogens with one attached hydrogen (secondary N) is 1. The molecule has 108 valence electrons. The Bertz CT molecular complexity index is 198. The number of hydrogen-bond acceptors (Lipinski definition) is 2. The Morgan fingerprint density at radius 3 is 1.94 bits per heavy atom. The SMILES string of the molecule is CC(C)C.CC(C)C(=O)CCCCCCNC=O. The predicted molar refractivity (Wildman–Crippen MR) is 77.5 cm³/mol. The number of Topliss-reactive ketones (excluding diaryl/α,β-unsaturated/α-hetero) is 1. The number of hydrogen-bond donors (Lipinski definition) is 1. The predicted octanol–water partition coefficient (Wildman–Crippen LogP) is 3.57. The maximum atomic E-state index is 11.2. The smallest absolute Gasteiger partial charge is 0.207 e. The van der Waals surface area contributed by atoms with Gasteiger partial charge in [-0.3, -0.25) is 9.59 Å². The first-order valence-corrected chi connectivity index (χ1v) is 7.11. The minimum absolute atomic E-state index is 0.173. The third-order valence-electron chi connectivity index (χ3n) is 2.22. The second kappa shape index (κ2) is 14.2. The van der Waals surface area contributed by atoms with Crippen LogP contribution in [-0.2, 0) is 9.59 Å². The average Bonchev–Trinajstić information content (AvgIpc) is 2.26. The van der Waals surface area contributed by atoms with Crippen molar-refractivity contribution in [3.05, 3.63) is 0 Å². The molecule has 0 aliphatic heterocycles. The van der Waals surface area contributed by atoms with Gasteiger partial charge in [0.2, 0.25) is 6.41 Å². The quantitative estimate of drug-likeness (QED) is 0.507. The normalized spacial score (nSPS) is 9.94. The molecule has 0 aromatic carbocycles. The fourth-order valence-electron chi connectivity index (χ4n) is 1.23. The van der Waals surface area contributed by atoms with E-state index in [0.717, 1.165) is 44.6 Å². The van der Waals surface area contributed by atoms with Crippen LogP contribution in [0.1, 0.15) is 66.7 Å². The van der Waals surface area contributed by atoms with E-state index < -0.39 is 0 Å². The van der Waals surface area contributed by atoms with E-state index >= 15 is 0 Å². The van der Waals surface area contributed by atoms with Gasteiger partial charge in [-0.05, 0) is 18.8 Å². The molecule has 0 fully saturated rings. The lowest BCUT2D eigenvalue weighted by Crippen LogP contribution is -2.11. The number of ketones is 1. The number of carbonyl (C=O) groups is 2. The lowest BCUT2D eigenvalue weighted by molar-refractivity contribution is -0.122. The summed E-state index contributed by atoms with van der Waals surface area (Å²) in [6.07, 6.45) is 5.60. The van der Waals surface area contributed by atoms with Gasteiger partial charge in [0.1, 0.15) is 5.78 Å². The van der Waals surface area contributed by atoms with E-state index in [1.807, 2.05) is 13.8 Å². The summed E-state index contributed by atoms with van der Waals surface area (Å²) in [5.41, 5.74) is 0. The second-order valence-corrected chi connectivity index (χ2v) is 5.59. The summed E-state index contributed by atoms with van der Waals surface area (Å²) in [7, 11) is 0. The van der Waals surface area contributed by atoms with Crippen molar-refractivity contribution in [3.8, 4) is 0 Å². The van der Waals surface area contributed by atoms with Crippen molar-refractivity contribution in [2.45, 2.75) is 66.7 Å². The van der Waals surface area contributed by atoms with Crippen LogP contribution < -0.4 is 5.32 Å². The van der Waals surface area contributed by atoms with Gasteiger partial charge in [-0.25, -0.2) is 0 Å². The topological polar surface area (TPSA) is 46.2 Å². The summed E-state index contributed by atoms with van der Waals surface area (Å²) in [4.78, 5) is 21.1. The molecule has 0 rings (SSSR count). The number of amides is 1. The van der Waals surface area contributed by atoms with Crippen LogP contribution in [0.4, 0.5) is 0 Å². The van der Waals surface area contributed by atoms with Crippen LogP contribution in [0.15, 0.2) is 0 Å². The summed E-state index contributed by atoms with van der Waals surface area (Å²) in [6, 6.07) is 0. The zero-order valence-corrected chi connectivity index (χ0v) is 12.8. The summed E-state index contributed by atoms with van der Waals surface area (Å²) < 4.78 is 0. The van der Waals surface area contributed by atoms with Crippen molar-refractivity contribution < 1.29 is 9.59 Å². The fourth-order valence-corrected chi connectivity index (χ4v) is 1.23. The Labute approximate surface area is 113 Å². The van der Waals surface area contributed by atoms with Gasteiger partial charge in [0.15, 0.2) is 0 Å². The molecule has 0 bridgehead atoms. The van der Waals surface area contributed by atoms with E-state index in [4.69, 9.17) is 0 Å². The highest BCUT2D eigenvalue weighted by atomic mass is 16.1. The van der Waals surface area contributed by atoms with E-state index in [9.17, 15) is 9.59 Å². The number of rotatable bonds is 9. The molecule has 0 atom stereocenters. The first kappa shape index (κ1) is 19.5. The molecule has 1 amide bonds. The standard InChI is InChI=1S/C11H21NO2.C4H10/c1-10(2)11(14)7-5-3-4-6-8-12-9-13;1-4(2)3/h9-10H,3-8H2,1-2H3,(H,12,13);4H,1-3H3. The van der Waals surface area contributed by atoms with Gasteiger partial charge in [0.25, 0.3) is 0 Å². The summed E-state index contributed by atoms with van der Waals surface area (Å²) in [5, 5.41) is 2.62. The highest BCUT2D eigenvalue weighted by molar-refractivity contribution is 5.80. The molecule has 18 heavy (non-hydrogen) atoms. The molecule has 0 aliphatic rings. The van der Waals surface area contributed by atoms with Crippen LogP contribution in [0, 0.1) is 11.8 Å². The molecule has 1 N–H and O–H groups in total. The lowest BCUT2D eigenvalue weighted by Gasteiger charge is -2.03. The van der Waals surface area contributed by atoms with E-state index in [0.29, 0.717) is 12.2 Å². The molecule has 0 heterocycles. The van der Waals surface area contributed by atoms with Crippen molar-refractivity contribution in [1.29, 1.82) is 0 Å². The summed E-state index contributed by atoms with van der Waals surface area (Å²) in [5.74, 6) is 1.36. The highest BCUT2D eigenvalue weighted by Crippen LogP contribution is 2.07. The van der Waals surface area contributed by atoms with E-state index in [1.54, 1.807) is 0 Å². The molecule has 0 saturated heterocycles. The number of carbonyl (C=O) groups excluding carboxylic acids is 2.